The molecule has 0 spiro atoms. The van der Waals surface area contributed by atoms with Gasteiger partial charge in [-0.25, -0.2) is 4.79 Å². The Morgan fingerprint density at radius 2 is 1.89 bits per heavy atom. The largest absolute Gasteiger partial charge is 0.449 e. The van der Waals surface area contributed by atoms with Crippen LogP contribution in [0.25, 0.3) is 11.5 Å². The zero-order valence-corrected chi connectivity index (χ0v) is 15.1. The van der Waals surface area contributed by atoms with Crippen LogP contribution in [0.5, 0.6) is 0 Å². The van der Waals surface area contributed by atoms with Gasteiger partial charge in [-0.2, -0.15) is 0 Å². The quantitative estimate of drug-likeness (QED) is 0.203. The standard InChI is InChI=1S/C18H12N4O5S/c23-17(14-3-5-15(6-4-14)22(24)25)26-11-1-2-12-28-18-21-20-16(27-18)13-7-9-19-10-8-13/h3-10H,11-12H2. The molecule has 0 bridgehead atoms. The van der Waals surface area contributed by atoms with Gasteiger partial charge in [0, 0.05) is 30.1 Å². The number of thioether (sulfide) groups is 1. The van der Waals surface area contributed by atoms with Crippen molar-refractivity contribution in [2.24, 2.45) is 0 Å². The van der Waals surface area contributed by atoms with Gasteiger partial charge in [-0.15, -0.1) is 10.2 Å². The zero-order valence-electron chi connectivity index (χ0n) is 14.3. The summed E-state index contributed by atoms with van der Waals surface area (Å²) in [5, 5.41) is 18.8. The van der Waals surface area contributed by atoms with Crippen LogP contribution in [0.3, 0.4) is 0 Å². The lowest BCUT2D eigenvalue weighted by molar-refractivity contribution is -0.384. The molecule has 0 saturated carbocycles. The van der Waals surface area contributed by atoms with Crippen molar-refractivity contribution < 1.29 is 18.9 Å². The first kappa shape index (κ1) is 19.1. The molecule has 1 aromatic carbocycles. The number of nitrogens with zero attached hydrogens (tertiary/aromatic N) is 4. The molecule has 0 N–H and O–H groups in total. The molecule has 0 unspecified atom stereocenters. The molecular formula is C18H12N4O5S. The molecule has 28 heavy (non-hydrogen) atoms. The number of esters is 1. The fourth-order valence-electron chi connectivity index (χ4n) is 1.98. The highest BCUT2D eigenvalue weighted by molar-refractivity contribution is 7.99. The van der Waals surface area contributed by atoms with Gasteiger partial charge in [0.15, 0.2) is 6.61 Å². The molecule has 140 valence electrons. The monoisotopic (exact) mass is 396 g/mol. The smallest absolute Gasteiger partial charge is 0.339 e. The molecule has 3 aromatic rings. The van der Waals surface area contributed by atoms with Crippen LogP contribution in [0.1, 0.15) is 10.4 Å². The summed E-state index contributed by atoms with van der Waals surface area (Å²) in [6.45, 7) is -0.0948. The maximum Gasteiger partial charge on any atom is 0.339 e. The lowest BCUT2D eigenvalue weighted by Crippen LogP contribution is -2.05. The van der Waals surface area contributed by atoms with E-state index < -0.39 is 10.9 Å². The Bertz CT molecular complexity index is 1030. The Morgan fingerprint density at radius 3 is 2.61 bits per heavy atom. The minimum atomic E-state index is -0.601. The minimum Gasteiger partial charge on any atom is -0.449 e. The first-order chi connectivity index (χ1) is 13.6. The number of benzene rings is 1. The van der Waals surface area contributed by atoms with Crippen LogP contribution in [-0.2, 0) is 4.74 Å². The summed E-state index contributed by atoms with van der Waals surface area (Å²) >= 11 is 1.26. The highest BCUT2D eigenvalue weighted by atomic mass is 32.2. The topological polar surface area (TPSA) is 121 Å². The average Bonchev–Trinajstić information content (AvgIpc) is 3.20. The second-order valence-electron chi connectivity index (χ2n) is 5.13. The third-order valence-corrected chi connectivity index (χ3v) is 4.02. The van der Waals surface area contributed by atoms with Gasteiger partial charge in [-0.3, -0.25) is 15.1 Å². The predicted molar refractivity (Wildman–Crippen MR) is 99.4 cm³/mol. The maximum atomic E-state index is 11.8. The number of nitro benzene ring substituents is 1. The van der Waals surface area contributed by atoms with Crippen molar-refractivity contribution in [1.82, 2.24) is 15.2 Å². The molecule has 0 radical (unpaired) electrons. The van der Waals surface area contributed by atoms with E-state index in [2.05, 4.69) is 27.0 Å². The van der Waals surface area contributed by atoms with Crippen molar-refractivity contribution in [1.29, 1.82) is 0 Å². The number of aromatic nitrogens is 3. The van der Waals surface area contributed by atoms with Crippen molar-refractivity contribution in [3.8, 4) is 23.3 Å². The summed E-state index contributed by atoms with van der Waals surface area (Å²) in [4.78, 5) is 25.8. The number of non-ortho nitro benzene ring substituents is 1. The number of nitro groups is 1. The van der Waals surface area contributed by atoms with Gasteiger partial charge in [0.05, 0.1) is 16.2 Å². The molecule has 10 heteroatoms. The highest BCUT2D eigenvalue weighted by Crippen LogP contribution is 2.22. The van der Waals surface area contributed by atoms with E-state index in [9.17, 15) is 14.9 Å². The average molecular weight is 396 g/mol. The lowest BCUT2D eigenvalue weighted by Gasteiger charge is -2.00. The predicted octanol–water partition coefficient (Wildman–Crippen LogP) is 2.99. The molecule has 9 nitrogen and oxygen atoms in total. The molecule has 2 heterocycles. The molecule has 2 aromatic heterocycles. The van der Waals surface area contributed by atoms with Crippen LogP contribution in [0.2, 0.25) is 0 Å². The van der Waals surface area contributed by atoms with E-state index >= 15 is 0 Å². The second kappa shape index (κ2) is 9.29. The van der Waals surface area contributed by atoms with E-state index in [4.69, 9.17) is 9.15 Å². The third-order valence-electron chi connectivity index (χ3n) is 3.32. The molecule has 0 saturated heterocycles. The first-order valence-corrected chi connectivity index (χ1v) is 8.86. The van der Waals surface area contributed by atoms with Gasteiger partial charge in [0.2, 0.25) is 5.89 Å². The molecule has 0 amide bonds. The molecule has 0 fully saturated rings. The number of ether oxygens (including phenoxy) is 1. The van der Waals surface area contributed by atoms with E-state index in [0.29, 0.717) is 16.9 Å². The zero-order chi connectivity index (χ0) is 19.8. The first-order valence-electron chi connectivity index (χ1n) is 7.87. The number of carbonyl (C=O) groups is 1. The van der Waals surface area contributed by atoms with E-state index in [1.165, 1.54) is 36.0 Å². The third kappa shape index (κ3) is 5.15. The highest BCUT2D eigenvalue weighted by Gasteiger charge is 2.10. The van der Waals surface area contributed by atoms with Gasteiger partial charge in [-0.1, -0.05) is 23.6 Å². The Labute approximate surface area is 163 Å². The summed E-state index contributed by atoms with van der Waals surface area (Å²) < 4.78 is 10.5. The van der Waals surface area contributed by atoms with Crippen LogP contribution in [0, 0.1) is 22.0 Å². The van der Waals surface area contributed by atoms with E-state index in [0.717, 1.165) is 5.56 Å². The van der Waals surface area contributed by atoms with Crippen LogP contribution < -0.4 is 0 Å². The van der Waals surface area contributed by atoms with Crippen LogP contribution >= 0.6 is 11.8 Å². The molecule has 0 atom stereocenters. The molecule has 0 aliphatic rings. The molecular weight excluding hydrogens is 384 g/mol. The summed E-state index contributed by atoms with van der Waals surface area (Å²) in [5.41, 5.74) is 0.899. The van der Waals surface area contributed by atoms with Crippen molar-refractivity contribution in [3.05, 3.63) is 64.5 Å². The fraction of sp³-hybridized carbons (Fsp3) is 0.111. The Balaban J connectivity index is 1.42. The number of hydrogen-bond acceptors (Lipinski definition) is 9. The second-order valence-corrected chi connectivity index (χ2v) is 6.06. The van der Waals surface area contributed by atoms with Gasteiger partial charge in [0.1, 0.15) is 0 Å². The number of hydrogen-bond donors (Lipinski definition) is 0. The summed E-state index contributed by atoms with van der Waals surface area (Å²) in [7, 11) is 0. The van der Waals surface area contributed by atoms with E-state index in [-0.39, 0.29) is 17.9 Å². The molecule has 0 aliphatic carbocycles. The van der Waals surface area contributed by atoms with Gasteiger partial charge >= 0.3 is 5.97 Å². The maximum absolute atomic E-state index is 11.8. The van der Waals surface area contributed by atoms with Crippen molar-refractivity contribution >= 4 is 23.4 Å². The number of rotatable bonds is 6. The van der Waals surface area contributed by atoms with Crippen LogP contribution in [-0.4, -0.2) is 38.4 Å². The van der Waals surface area contributed by atoms with Gasteiger partial charge < -0.3 is 9.15 Å². The van der Waals surface area contributed by atoms with E-state index in [1.54, 1.807) is 24.5 Å². The van der Waals surface area contributed by atoms with Crippen molar-refractivity contribution in [2.75, 3.05) is 12.4 Å². The SMILES string of the molecule is O=C(OCC#CCSc1nnc(-c2ccncc2)o1)c1ccc([N+](=O)[O-])cc1. The van der Waals surface area contributed by atoms with E-state index in [1.807, 2.05) is 0 Å². The van der Waals surface area contributed by atoms with Crippen molar-refractivity contribution in [2.45, 2.75) is 5.22 Å². The van der Waals surface area contributed by atoms with Crippen LogP contribution in [0.4, 0.5) is 5.69 Å². The fourth-order valence-corrected chi connectivity index (χ4v) is 2.52. The minimum absolute atomic E-state index is 0.0948. The van der Waals surface area contributed by atoms with Crippen molar-refractivity contribution in [3.63, 3.8) is 0 Å². The summed E-state index contributed by atoms with van der Waals surface area (Å²) in [6, 6.07) is 8.68. The summed E-state index contributed by atoms with van der Waals surface area (Å²) in [6.07, 6.45) is 3.27. The van der Waals surface area contributed by atoms with Crippen LogP contribution in [0.15, 0.2) is 58.4 Å². The van der Waals surface area contributed by atoms with Gasteiger partial charge in [0.25, 0.3) is 10.9 Å². The summed E-state index contributed by atoms with van der Waals surface area (Å²) in [5.74, 6) is 5.71. The Kier molecular flexibility index (Phi) is 6.33. The Morgan fingerprint density at radius 1 is 1.14 bits per heavy atom. The normalized spacial score (nSPS) is 10.0. The lowest BCUT2D eigenvalue weighted by atomic mass is 10.2. The molecule has 0 aliphatic heterocycles. The Hall–Kier alpha value is -3.71. The number of pyridine rings is 1. The number of carbonyl (C=O) groups excluding carboxylic acids is 1. The molecule has 3 rings (SSSR count). The van der Waals surface area contributed by atoms with Gasteiger partial charge in [-0.05, 0) is 24.3 Å².